The summed E-state index contributed by atoms with van der Waals surface area (Å²) >= 11 is 0. The summed E-state index contributed by atoms with van der Waals surface area (Å²) in [7, 11) is 0. The molecule has 1 heterocycles. The molecule has 0 aliphatic heterocycles. The average Bonchev–Trinajstić information content (AvgIpc) is 3.52. The Morgan fingerprint density at radius 3 is 1.27 bits per heavy atom. The monoisotopic (exact) mass is 754 g/mol. The highest BCUT2D eigenvalue weighted by atomic mass is 15.2. The van der Waals surface area contributed by atoms with Crippen LogP contribution in [0, 0.1) is 0 Å². The Balaban J connectivity index is 1.47. The van der Waals surface area contributed by atoms with Crippen LogP contribution in [0.2, 0.25) is 0 Å². The quantitative estimate of drug-likeness (QED) is 0.0409. The zero-order valence-electron chi connectivity index (χ0n) is 36.9. The molecule has 1 aromatic heterocycles. The summed E-state index contributed by atoms with van der Waals surface area (Å²) in [6, 6.07) is 22.5. The van der Waals surface area contributed by atoms with E-state index in [0.29, 0.717) is 5.92 Å². The average molecular weight is 754 g/mol. The fraction of sp³-hybridized carbons (Fsp3) is 0.717. The van der Waals surface area contributed by atoms with Crippen molar-refractivity contribution in [2.24, 2.45) is 0 Å². The van der Waals surface area contributed by atoms with Crippen molar-refractivity contribution in [1.29, 1.82) is 0 Å². The summed E-state index contributed by atoms with van der Waals surface area (Å²) in [6.07, 6.45) is 47.3. The minimum absolute atomic E-state index is 0.514. The Labute approximate surface area is 342 Å². The fourth-order valence-electron chi connectivity index (χ4n) is 8.76. The number of imidazole rings is 1. The highest BCUT2D eigenvalue weighted by Gasteiger charge is 2.25. The number of aromatic nitrogens is 2. The Kier molecular flexibility index (Phi) is 28.0. The molecular formula is C53H89N2+. The van der Waals surface area contributed by atoms with Gasteiger partial charge in [-0.05, 0) is 42.7 Å². The number of hydrogen-bond donors (Lipinski definition) is 0. The maximum atomic E-state index is 2.76. The van der Waals surface area contributed by atoms with Gasteiger partial charge in [0.2, 0.25) is 0 Å². The van der Waals surface area contributed by atoms with Gasteiger partial charge in [0.25, 0.3) is 5.82 Å². The highest BCUT2D eigenvalue weighted by molar-refractivity contribution is 5.21. The van der Waals surface area contributed by atoms with E-state index in [9.17, 15) is 0 Å². The molecule has 0 saturated carbocycles. The Bertz CT molecular complexity index is 1260. The van der Waals surface area contributed by atoms with Crippen molar-refractivity contribution < 1.29 is 4.57 Å². The normalized spacial score (nSPS) is 12.1. The van der Waals surface area contributed by atoms with Gasteiger partial charge in [-0.1, -0.05) is 248 Å². The van der Waals surface area contributed by atoms with E-state index in [1.807, 2.05) is 0 Å². The maximum Gasteiger partial charge on any atom is 0.261 e. The van der Waals surface area contributed by atoms with E-state index in [-0.39, 0.29) is 0 Å². The lowest BCUT2D eigenvalue weighted by molar-refractivity contribution is -0.710. The molecule has 0 amide bonds. The molecule has 55 heavy (non-hydrogen) atoms. The molecule has 2 nitrogen and oxygen atoms in total. The molecule has 3 rings (SSSR count). The fourth-order valence-corrected chi connectivity index (χ4v) is 8.76. The van der Waals surface area contributed by atoms with Crippen LogP contribution in [-0.4, -0.2) is 4.57 Å². The molecule has 0 spiro atoms. The van der Waals surface area contributed by atoms with Crippen LogP contribution in [0.1, 0.15) is 242 Å². The first kappa shape index (κ1) is 47.0. The van der Waals surface area contributed by atoms with E-state index in [0.717, 1.165) is 25.9 Å². The first-order valence-corrected chi connectivity index (χ1v) is 24.4. The van der Waals surface area contributed by atoms with Gasteiger partial charge in [-0.3, -0.25) is 0 Å². The zero-order chi connectivity index (χ0) is 38.9. The van der Waals surface area contributed by atoms with Gasteiger partial charge in [-0.15, -0.1) is 0 Å². The van der Waals surface area contributed by atoms with Crippen molar-refractivity contribution in [1.82, 2.24) is 4.57 Å². The minimum atomic E-state index is 0.514. The molecule has 0 radical (unpaired) electrons. The number of unbranched alkanes of at least 4 members (excludes halogenated alkanes) is 28. The Morgan fingerprint density at radius 2 is 0.836 bits per heavy atom. The predicted molar refractivity (Wildman–Crippen MR) is 242 cm³/mol. The number of aryl methyl sites for hydroxylation is 1. The molecule has 0 N–H and O–H groups in total. The van der Waals surface area contributed by atoms with Gasteiger partial charge in [0.05, 0.1) is 19.5 Å². The van der Waals surface area contributed by atoms with Crippen molar-refractivity contribution in [2.75, 3.05) is 0 Å². The van der Waals surface area contributed by atoms with E-state index in [1.165, 1.54) is 215 Å². The third kappa shape index (κ3) is 22.2. The molecule has 0 aliphatic rings. The van der Waals surface area contributed by atoms with E-state index in [1.54, 1.807) is 0 Å². The summed E-state index contributed by atoms with van der Waals surface area (Å²) in [4.78, 5) is 0. The zero-order valence-corrected chi connectivity index (χ0v) is 36.9. The minimum Gasteiger partial charge on any atom is -0.234 e. The lowest BCUT2D eigenvalue weighted by Gasteiger charge is -2.12. The van der Waals surface area contributed by atoms with Crippen LogP contribution in [0.4, 0.5) is 0 Å². The molecule has 310 valence electrons. The molecule has 1 atom stereocenters. The van der Waals surface area contributed by atoms with Gasteiger partial charge in [0, 0.05) is 6.42 Å². The van der Waals surface area contributed by atoms with Gasteiger partial charge in [-0.25, -0.2) is 9.13 Å². The molecule has 3 aromatic rings. The summed E-state index contributed by atoms with van der Waals surface area (Å²) in [5.74, 6) is 2.04. The SMILES string of the molecule is CCCCCCCCCCCCCCCCCn1cc(CC(C)c2ccccc2)[n+](CCCCCCCCCCCCCCCCC)c1Cc1ccccc1. The van der Waals surface area contributed by atoms with Gasteiger partial charge in [0.1, 0.15) is 11.9 Å². The molecular weight excluding hydrogens is 665 g/mol. The van der Waals surface area contributed by atoms with Crippen LogP contribution in [0.25, 0.3) is 0 Å². The number of nitrogens with zero attached hydrogens (tertiary/aromatic N) is 2. The second kappa shape index (κ2) is 32.7. The standard InChI is InChI=1S/C53H89N2/c1-4-6-8-10-12-14-16-18-20-22-24-26-28-30-38-44-54-48-52(46-49(3)51-42-36-33-37-43-51)55(53(54)47-50-40-34-32-35-41-50)45-39-31-29-27-25-23-21-19-17-15-13-11-9-7-5-2/h32-37,40-43,48-49H,4-31,38-39,44-47H2,1-3H3/q+1. The van der Waals surface area contributed by atoms with Crippen LogP contribution >= 0.6 is 0 Å². The van der Waals surface area contributed by atoms with Gasteiger partial charge in [-0.2, -0.15) is 0 Å². The van der Waals surface area contributed by atoms with Crippen molar-refractivity contribution in [3.63, 3.8) is 0 Å². The lowest BCUT2D eigenvalue weighted by Crippen LogP contribution is -2.41. The third-order valence-electron chi connectivity index (χ3n) is 12.4. The van der Waals surface area contributed by atoms with E-state index < -0.39 is 0 Å². The van der Waals surface area contributed by atoms with E-state index in [4.69, 9.17) is 0 Å². The van der Waals surface area contributed by atoms with Crippen LogP contribution in [0.5, 0.6) is 0 Å². The van der Waals surface area contributed by atoms with Crippen molar-refractivity contribution in [3.05, 3.63) is 89.5 Å². The van der Waals surface area contributed by atoms with Gasteiger partial charge in [0.15, 0.2) is 0 Å². The first-order chi connectivity index (χ1) is 27.2. The van der Waals surface area contributed by atoms with E-state index >= 15 is 0 Å². The predicted octanol–water partition coefficient (Wildman–Crippen LogP) is 16.5. The number of benzene rings is 2. The number of rotatable bonds is 37. The molecule has 2 aromatic carbocycles. The molecule has 0 saturated heterocycles. The van der Waals surface area contributed by atoms with Crippen LogP contribution in [-0.2, 0) is 25.9 Å². The van der Waals surface area contributed by atoms with Crippen LogP contribution in [0.3, 0.4) is 0 Å². The molecule has 1 unspecified atom stereocenters. The lowest BCUT2D eigenvalue weighted by atomic mass is 9.96. The maximum absolute atomic E-state index is 2.76. The topological polar surface area (TPSA) is 8.81 Å². The van der Waals surface area contributed by atoms with Crippen LogP contribution < -0.4 is 4.57 Å². The molecule has 2 heteroatoms. The van der Waals surface area contributed by atoms with Crippen molar-refractivity contribution >= 4 is 0 Å². The second-order valence-electron chi connectivity index (χ2n) is 17.5. The highest BCUT2D eigenvalue weighted by Crippen LogP contribution is 2.22. The molecule has 0 aliphatic carbocycles. The summed E-state index contributed by atoms with van der Waals surface area (Å²) in [5, 5.41) is 0. The third-order valence-corrected chi connectivity index (χ3v) is 12.4. The molecule has 0 bridgehead atoms. The Morgan fingerprint density at radius 1 is 0.455 bits per heavy atom. The first-order valence-electron chi connectivity index (χ1n) is 24.4. The largest absolute Gasteiger partial charge is 0.261 e. The molecule has 0 fully saturated rings. The number of hydrogen-bond acceptors (Lipinski definition) is 0. The van der Waals surface area contributed by atoms with Crippen LogP contribution in [0.15, 0.2) is 66.9 Å². The van der Waals surface area contributed by atoms with E-state index in [2.05, 4.69) is 96.8 Å². The van der Waals surface area contributed by atoms with Crippen molar-refractivity contribution in [3.8, 4) is 0 Å². The summed E-state index contributed by atoms with van der Waals surface area (Å²) in [6.45, 7) is 9.36. The smallest absolute Gasteiger partial charge is 0.234 e. The summed E-state index contributed by atoms with van der Waals surface area (Å²) < 4.78 is 5.44. The Hall–Kier alpha value is -2.35. The van der Waals surface area contributed by atoms with Gasteiger partial charge < -0.3 is 0 Å². The second-order valence-corrected chi connectivity index (χ2v) is 17.5. The van der Waals surface area contributed by atoms with Gasteiger partial charge >= 0.3 is 0 Å². The summed E-state index contributed by atoms with van der Waals surface area (Å²) in [5.41, 5.74) is 4.43. The van der Waals surface area contributed by atoms with Crippen molar-refractivity contribution in [2.45, 2.75) is 245 Å².